The van der Waals surface area contributed by atoms with Crippen molar-refractivity contribution >= 4 is 18.5 Å². The van der Waals surface area contributed by atoms with E-state index in [0.717, 1.165) is 0 Å². The molecule has 0 N–H and O–H groups in total. The Morgan fingerprint density at radius 3 is 0.938 bits per heavy atom. The summed E-state index contributed by atoms with van der Waals surface area (Å²) in [6, 6.07) is 0. The van der Waals surface area contributed by atoms with Crippen molar-refractivity contribution in [2.24, 2.45) is 0 Å². The van der Waals surface area contributed by atoms with Crippen LogP contribution >= 0.6 is 18.5 Å². The van der Waals surface area contributed by atoms with E-state index in [9.17, 15) is 0 Å². The van der Waals surface area contributed by atoms with E-state index >= 15 is 0 Å². The summed E-state index contributed by atoms with van der Waals surface area (Å²) in [5, 5.41) is 0.803. The van der Waals surface area contributed by atoms with Gasteiger partial charge in [-0.25, -0.2) is 0 Å². The summed E-state index contributed by atoms with van der Waals surface area (Å²) in [7, 11) is -0.404. The van der Waals surface area contributed by atoms with Crippen molar-refractivity contribution in [2.45, 2.75) is 90.4 Å². The fourth-order valence-electron chi connectivity index (χ4n) is 2.84. The summed E-state index contributed by atoms with van der Waals surface area (Å²) in [6.07, 6.45) is 7.40. The maximum Gasteiger partial charge on any atom is 0.00409 e. The molecule has 16 heavy (non-hydrogen) atoms. The van der Waals surface area contributed by atoms with E-state index in [4.69, 9.17) is 11.2 Å². The largest absolute Gasteiger partial charge is 0.0952 e. The molecule has 0 rings (SSSR count). The van der Waals surface area contributed by atoms with Crippen LogP contribution in [-0.2, 0) is 0 Å². The molecule has 0 aliphatic heterocycles. The van der Waals surface area contributed by atoms with E-state index in [2.05, 4.69) is 41.5 Å². The van der Waals surface area contributed by atoms with Gasteiger partial charge in [-0.05, 0) is 38.5 Å². The zero-order valence-electron chi connectivity index (χ0n) is 12.1. The normalized spacial score (nSPS) is 13.5. The fraction of sp³-hybridized carbons (Fsp3) is 1.00. The highest BCUT2D eigenvalue weighted by atomic mass is 35.7. The number of hydrogen-bond acceptors (Lipinski definition) is 0. The van der Waals surface area contributed by atoms with E-state index in [1.54, 1.807) is 0 Å². The molecule has 2 heteroatoms. The lowest BCUT2D eigenvalue weighted by atomic mass is 9.98. The first-order valence-corrected chi connectivity index (χ1v) is 9.23. The third kappa shape index (κ3) is 2.94. The Labute approximate surface area is 109 Å². The standard InChI is InChI=1S/C14H30ClP/c1-7-13(8-2,9-3)16(15)14(10-4,11-5)12-6/h7-12H2,1-6H3. The smallest absolute Gasteiger partial charge is 0.00409 e. The zero-order chi connectivity index (χ0) is 12.8. The molecular formula is C14H30ClP. The molecule has 0 radical (unpaired) electrons. The Balaban J connectivity index is 5.16. The molecule has 0 nitrogen and oxygen atoms in total. The van der Waals surface area contributed by atoms with Crippen molar-refractivity contribution in [3.8, 4) is 0 Å². The van der Waals surface area contributed by atoms with E-state index in [1.165, 1.54) is 38.5 Å². The summed E-state index contributed by atoms with van der Waals surface area (Å²) in [5.41, 5.74) is 0. The van der Waals surface area contributed by atoms with E-state index in [1.807, 2.05) is 0 Å². The fourth-order valence-corrected chi connectivity index (χ4v) is 7.66. The molecule has 0 aliphatic rings. The van der Waals surface area contributed by atoms with Crippen molar-refractivity contribution in [1.29, 1.82) is 0 Å². The van der Waals surface area contributed by atoms with Gasteiger partial charge in [0.2, 0.25) is 0 Å². The van der Waals surface area contributed by atoms with Crippen LogP contribution < -0.4 is 0 Å². The first-order chi connectivity index (χ1) is 7.52. The molecule has 0 aliphatic carbocycles. The zero-order valence-corrected chi connectivity index (χ0v) is 13.7. The lowest BCUT2D eigenvalue weighted by Crippen LogP contribution is -2.34. The third-order valence-electron chi connectivity index (χ3n) is 4.78. The van der Waals surface area contributed by atoms with Crippen LogP contribution in [0.25, 0.3) is 0 Å². The number of hydrogen-bond donors (Lipinski definition) is 0. The second kappa shape index (κ2) is 7.22. The highest BCUT2D eigenvalue weighted by molar-refractivity contribution is 7.86. The van der Waals surface area contributed by atoms with Gasteiger partial charge in [0, 0.05) is 17.6 Å². The van der Waals surface area contributed by atoms with Gasteiger partial charge < -0.3 is 0 Å². The van der Waals surface area contributed by atoms with E-state index in [-0.39, 0.29) is 0 Å². The summed E-state index contributed by atoms with van der Waals surface area (Å²) in [6.45, 7) is 13.9. The van der Waals surface area contributed by atoms with Gasteiger partial charge in [-0.1, -0.05) is 52.8 Å². The Hall–Kier alpha value is 0.720. The SMILES string of the molecule is CCC(CC)(CC)P(Cl)C(CC)(CC)CC. The second-order valence-electron chi connectivity index (χ2n) is 4.85. The van der Waals surface area contributed by atoms with Gasteiger partial charge in [0.05, 0.1) is 0 Å². The summed E-state index contributed by atoms with van der Waals surface area (Å²) >= 11 is 6.99. The molecule has 0 spiro atoms. The molecule has 0 saturated carbocycles. The summed E-state index contributed by atoms with van der Waals surface area (Å²) in [5.74, 6) is 0. The quantitative estimate of drug-likeness (QED) is 0.436. The molecule has 0 unspecified atom stereocenters. The number of rotatable bonds is 8. The van der Waals surface area contributed by atoms with Crippen LogP contribution in [0.4, 0.5) is 0 Å². The molecular weight excluding hydrogens is 235 g/mol. The lowest BCUT2D eigenvalue weighted by Gasteiger charge is -2.47. The van der Waals surface area contributed by atoms with E-state index < -0.39 is 7.27 Å². The molecule has 0 aromatic rings. The molecule has 98 valence electrons. The molecule has 0 aromatic heterocycles. The Kier molecular flexibility index (Phi) is 7.55. The van der Waals surface area contributed by atoms with Crippen molar-refractivity contribution in [3.05, 3.63) is 0 Å². The second-order valence-corrected chi connectivity index (χ2v) is 8.32. The van der Waals surface area contributed by atoms with Crippen molar-refractivity contribution in [1.82, 2.24) is 0 Å². The van der Waals surface area contributed by atoms with Gasteiger partial charge in [0.1, 0.15) is 0 Å². The van der Waals surface area contributed by atoms with Crippen LogP contribution in [0.15, 0.2) is 0 Å². The highest BCUT2D eigenvalue weighted by Crippen LogP contribution is 2.70. The first-order valence-electron chi connectivity index (χ1n) is 6.98. The van der Waals surface area contributed by atoms with Crippen molar-refractivity contribution in [2.75, 3.05) is 0 Å². The topological polar surface area (TPSA) is 0 Å². The van der Waals surface area contributed by atoms with Gasteiger partial charge in [-0.3, -0.25) is 0 Å². The Morgan fingerprint density at radius 1 is 0.625 bits per heavy atom. The predicted octanol–water partition coefficient (Wildman–Crippen LogP) is 6.56. The molecule has 0 amide bonds. The Morgan fingerprint density at radius 2 is 0.812 bits per heavy atom. The van der Waals surface area contributed by atoms with Crippen LogP contribution in [0, 0.1) is 0 Å². The van der Waals surface area contributed by atoms with Gasteiger partial charge in [0.15, 0.2) is 0 Å². The molecule has 0 aromatic carbocycles. The molecule has 0 saturated heterocycles. The van der Waals surface area contributed by atoms with Crippen molar-refractivity contribution in [3.63, 3.8) is 0 Å². The summed E-state index contributed by atoms with van der Waals surface area (Å²) in [4.78, 5) is 0. The summed E-state index contributed by atoms with van der Waals surface area (Å²) < 4.78 is 0. The maximum absolute atomic E-state index is 6.99. The lowest BCUT2D eigenvalue weighted by molar-refractivity contribution is 0.469. The first kappa shape index (κ1) is 16.7. The Bertz CT molecular complexity index is 147. The van der Waals surface area contributed by atoms with Gasteiger partial charge in [-0.2, -0.15) is 0 Å². The minimum atomic E-state index is -0.404. The maximum atomic E-state index is 6.99. The molecule has 0 bridgehead atoms. The van der Waals surface area contributed by atoms with Gasteiger partial charge in [0.25, 0.3) is 0 Å². The van der Waals surface area contributed by atoms with Crippen LogP contribution in [0.1, 0.15) is 80.1 Å². The van der Waals surface area contributed by atoms with Crippen LogP contribution in [0.2, 0.25) is 0 Å². The molecule has 0 atom stereocenters. The average Bonchev–Trinajstić information content (AvgIpc) is 2.35. The van der Waals surface area contributed by atoms with E-state index in [0.29, 0.717) is 10.3 Å². The van der Waals surface area contributed by atoms with Crippen molar-refractivity contribution < 1.29 is 0 Å². The van der Waals surface area contributed by atoms with Crippen LogP contribution in [0.3, 0.4) is 0 Å². The number of halogens is 1. The van der Waals surface area contributed by atoms with Gasteiger partial charge in [-0.15, -0.1) is 0 Å². The predicted molar refractivity (Wildman–Crippen MR) is 80.0 cm³/mol. The van der Waals surface area contributed by atoms with Crippen LogP contribution in [-0.4, -0.2) is 10.3 Å². The average molecular weight is 265 g/mol. The van der Waals surface area contributed by atoms with Gasteiger partial charge >= 0.3 is 0 Å². The monoisotopic (exact) mass is 264 g/mol. The third-order valence-corrected chi connectivity index (χ3v) is 10.5. The minimum Gasteiger partial charge on any atom is -0.0952 e. The minimum absolute atomic E-state index is 0.402. The highest BCUT2D eigenvalue weighted by Gasteiger charge is 2.44. The van der Waals surface area contributed by atoms with Crippen LogP contribution in [0.5, 0.6) is 0 Å². The molecule has 0 heterocycles. The molecule has 0 fully saturated rings.